The number of hydrogen-bond donors (Lipinski definition) is 1. The molecule has 0 spiro atoms. The second-order valence-electron chi connectivity index (χ2n) is 4.65. The first kappa shape index (κ1) is 14.3. The lowest BCUT2D eigenvalue weighted by Gasteiger charge is -2.15. The van der Waals surface area contributed by atoms with E-state index < -0.39 is 0 Å². The molecule has 0 bridgehead atoms. The Bertz CT molecular complexity index is 541. The summed E-state index contributed by atoms with van der Waals surface area (Å²) in [6.45, 7) is 2.54. The van der Waals surface area contributed by atoms with Gasteiger partial charge in [-0.05, 0) is 30.7 Å². The van der Waals surface area contributed by atoms with E-state index in [2.05, 4.69) is 4.98 Å². The molecule has 4 heteroatoms. The van der Waals surface area contributed by atoms with E-state index in [0.29, 0.717) is 6.61 Å². The van der Waals surface area contributed by atoms with E-state index in [1.54, 1.807) is 19.5 Å². The molecule has 2 rings (SSSR count). The molecule has 1 atom stereocenters. The number of benzene rings is 1. The lowest BCUT2D eigenvalue weighted by Crippen LogP contribution is -2.09. The van der Waals surface area contributed by atoms with Crippen molar-refractivity contribution < 1.29 is 9.47 Å². The molecule has 1 aromatic heterocycles. The Labute approximate surface area is 119 Å². The van der Waals surface area contributed by atoms with Crippen LogP contribution in [0.25, 0.3) is 0 Å². The Morgan fingerprint density at radius 2 is 1.95 bits per heavy atom. The normalized spacial score (nSPS) is 11.9. The van der Waals surface area contributed by atoms with Gasteiger partial charge in [0.1, 0.15) is 11.5 Å². The summed E-state index contributed by atoms with van der Waals surface area (Å²) in [4.78, 5) is 4.00. The first-order valence-corrected chi connectivity index (χ1v) is 6.66. The molecule has 1 unspecified atom stereocenters. The van der Waals surface area contributed by atoms with Crippen molar-refractivity contribution in [1.82, 2.24) is 4.98 Å². The topological polar surface area (TPSA) is 57.4 Å². The standard InChI is InChI=1S/C16H20N2O2/c1-12(17)15-4-3-14(19-2)11-16(15)20-10-7-13-5-8-18-9-6-13/h3-6,8-9,11-12H,7,10,17H2,1-2H3. The van der Waals surface area contributed by atoms with Crippen LogP contribution in [0.4, 0.5) is 0 Å². The van der Waals surface area contributed by atoms with E-state index in [1.807, 2.05) is 37.3 Å². The van der Waals surface area contributed by atoms with Gasteiger partial charge in [0.05, 0.1) is 13.7 Å². The molecule has 106 valence electrons. The molecule has 0 aliphatic rings. The SMILES string of the molecule is COc1ccc(C(C)N)c(OCCc2ccncc2)c1. The molecule has 1 heterocycles. The number of hydrogen-bond acceptors (Lipinski definition) is 4. The quantitative estimate of drug-likeness (QED) is 0.878. The smallest absolute Gasteiger partial charge is 0.127 e. The molecule has 2 aromatic rings. The average Bonchev–Trinajstić information content (AvgIpc) is 2.48. The van der Waals surface area contributed by atoms with Crippen LogP contribution in [0.3, 0.4) is 0 Å². The maximum Gasteiger partial charge on any atom is 0.127 e. The zero-order chi connectivity index (χ0) is 14.4. The summed E-state index contributed by atoms with van der Waals surface area (Å²) in [6, 6.07) is 9.63. The van der Waals surface area contributed by atoms with Crippen LogP contribution in [0.5, 0.6) is 11.5 Å². The minimum atomic E-state index is -0.0724. The van der Waals surface area contributed by atoms with Crippen LogP contribution in [0.15, 0.2) is 42.7 Å². The van der Waals surface area contributed by atoms with Gasteiger partial charge in [-0.3, -0.25) is 4.98 Å². The summed E-state index contributed by atoms with van der Waals surface area (Å²) in [6.07, 6.45) is 4.40. The van der Waals surface area contributed by atoms with Crippen molar-refractivity contribution in [2.45, 2.75) is 19.4 Å². The Morgan fingerprint density at radius 3 is 2.60 bits per heavy atom. The van der Waals surface area contributed by atoms with Crippen molar-refractivity contribution in [2.24, 2.45) is 5.73 Å². The third-order valence-corrected chi connectivity index (χ3v) is 3.11. The number of pyridine rings is 1. The molecule has 0 saturated heterocycles. The number of aromatic nitrogens is 1. The molecule has 4 nitrogen and oxygen atoms in total. The molecular weight excluding hydrogens is 252 g/mol. The van der Waals surface area contributed by atoms with Crippen molar-refractivity contribution >= 4 is 0 Å². The van der Waals surface area contributed by atoms with Gasteiger partial charge in [0.25, 0.3) is 0 Å². The maximum absolute atomic E-state index is 5.96. The molecule has 0 aliphatic carbocycles. The van der Waals surface area contributed by atoms with Gasteiger partial charge in [-0.25, -0.2) is 0 Å². The van der Waals surface area contributed by atoms with E-state index in [4.69, 9.17) is 15.2 Å². The largest absolute Gasteiger partial charge is 0.497 e. The van der Waals surface area contributed by atoms with Crippen LogP contribution >= 0.6 is 0 Å². The fraction of sp³-hybridized carbons (Fsp3) is 0.312. The summed E-state index contributed by atoms with van der Waals surface area (Å²) in [5.41, 5.74) is 8.15. The zero-order valence-electron chi connectivity index (χ0n) is 11.9. The van der Waals surface area contributed by atoms with Crippen molar-refractivity contribution in [3.05, 3.63) is 53.9 Å². The molecule has 0 fully saturated rings. The number of methoxy groups -OCH3 is 1. The van der Waals surface area contributed by atoms with Crippen molar-refractivity contribution in [1.29, 1.82) is 0 Å². The fourth-order valence-electron chi connectivity index (χ4n) is 1.97. The third kappa shape index (κ3) is 3.71. The van der Waals surface area contributed by atoms with Gasteiger partial charge >= 0.3 is 0 Å². The Hall–Kier alpha value is -2.07. The van der Waals surface area contributed by atoms with Gasteiger partial charge in [-0.1, -0.05) is 6.07 Å². The summed E-state index contributed by atoms with van der Waals surface area (Å²) < 4.78 is 11.1. The van der Waals surface area contributed by atoms with Gasteiger partial charge in [0.2, 0.25) is 0 Å². The lowest BCUT2D eigenvalue weighted by molar-refractivity contribution is 0.314. The van der Waals surface area contributed by atoms with Gasteiger partial charge in [0.15, 0.2) is 0 Å². The lowest BCUT2D eigenvalue weighted by atomic mass is 10.1. The number of ether oxygens (including phenoxy) is 2. The van der Waals surface area contributed by atoms with Gasteiger partial charge in [-0.2, -0.15) is 0 Å². The fourth-order valence-corrected chi connectivity index (χ4v) is 1.97. The Kier molecular flexibility index (Phi) is 4.96. The van der Waals surface area contributed by atoms with Gasteiger partial charge < -0.3 is 15.2 Å². The summed E-state index contributed by atoms with van der Waals surface area (Å²) >= 11 is 0. The minimum absolute atomic E-state index is 0.0724. The predicted octanol–water partition coefficient (Wildman–Crippen LogP) is 2.73. The highest BCUT2D eigenvalue weighted by atomic mass is 16.5. The van der Waals surface area contributed by atoms with Crippen LogP contribution in [0.1, 0.15) is 24.1 Å². The highest BCUT2D eigenvalue weighted by molar-refractivity contribution is 5.42. The predicted molar refractivity (Wildman–Crippen MR) is 79.0 cm³/mol. The van der Waals surface area contributed by atoms with E-state index in [1.165, 1.54) is 5.56 Å². The Morgan fingerprint density at radius 1 is 1.20 bits per heavy atom. The molecule has 0 saturated carbocycles. The zero-order valence-corrected chi connectivity index (χ0v) is 11.9. The molecule has 1 aromatic carbocycles. The number of nitrogens with zero attached hydrogens (tertiary/aromatic N) is 1. The van der Waals surface area contributed by atoms with Crippen molar-refractivity contribution in [2.75, 3.05) is 13.7 Å². The van der Waals surface area contributed by atoms with E-state index in [9.17, 15) is 0 Å². The van der Waals surface area contributed by atoms with Crippen LogP contribution < -0.4 is 15.2 Å². The Balaban J connectivity index is 2.04. The maximum atomic E-state index is 5.96. The molecule has 0 radical (unpaired) electrons. The highest BCUT2D eigenvalue weighted by Gasteiger charge is 2.09. The van der Waals surface area contributed by atoms with Gasteiger partial charge in [-0.15, -0.1) is 0 Å². The summed E-state index contributed by atoms with van der Waals surface area (Å²) in [5, 5.41) is 0. The summed E-state index contributed by atoms with van der Waals surface area (Å²) in [5.74, 6) is 1.56. The van der Waals surface area contributed by atoms with Crippen LogP contribution in [0, 0.1) is 0 Å². The van der Waals surface area contributed by atoms with E-state index >= 15 is 0 Å². The average molecular weight is 272 g/mol. The minimum Gasteiger partial charge on any atom is -0.497 e. The summed E-state index contributed by atoms with van der Waals surface area (Å²) in [7, 11) is 1.64. The molecule has 2 N–H and O–H groups in total. The first-order valence-electron chi connectivity index (χ1n) is 6.66. The molecule has 0 amide bonds. The second-order valence-corrected chi connectivity index (χ2v) is 4.65. The van der Waals surface area contributed by atoms with E-state index in [0.717, 1.165) is 23.5 Å². The number of nitrogens with two attached hydrogens (primary N) is 1. The number of rotatable bonds is 6. The van der Waals surface area contributed by atoms with Crippen LogP contribution in [0.2, 0.25) is 0 Å². The van der Waals surface area contributed by atoms with Crippen molar-refractivity contribution in [3.63, 3.8) is 0 Å². The second kappa shape index (κ2) is 6.91. The highest BCUT2D eigenvalue weighted by Crippen LogP contribution is 2.28. The van der Waals surface area contributed by atoms with Crippen LogP contribution in [-0.4, -0.2) is 18.7 Å². The monoisotopic (exact) mass is 272 g/mol. The van der Waals surface area contributed by atoms with E-state index in [-0.39, 0.29) is 6.04 Å². The molecule has 0 aliphatic heterocycles. The van der Waals surface area contributed by atoms with Crippen LogP contribution in [-0.2, 0) is 6.42 Å². The van der Waals surface area contributed by atoms with Gasteiger partial charge in [0, 0.05) is 36.5 Å². The van der Waals surface area contributed by atoms with Crippen molar-refractivity contribution in [3.8, 4) is 11.5 Å². The third-order valence-electron chi connectivity index (χ3n) is 3.11. The first-order chi connectivity index (χ1) is 9.70. The molecule has 20 heavy (non-hydrogen) atoms. The molecular formula is C16H20N2O2.